The number of ether oxygens (including phenoxy) is 4. The Morgan fingerprint density at radius 1 is 1.00 bits per heavy atom. The maximum Gasteiger partial charge on any atom is 0.545 e. The maximum atomic E-state index is 12.5. The van der Waals surface area contributed by atoms with Crippen LogP contribution in [-0.4, -0.2) is 63.1 Å². The van der Waals surface area contributed by atoms with Crippen molar-refractivity contribution < 1.29 is 40.6 Å². The Bertz CT molecular complexity index is 631. The van der Waals surface area contributed by atoms with E-state index in [2.05, 4.69) is 0 Å². The molecule has 138 valence electrons. The number of hydrogen-bond donors (Lipinski definition) is 0. The van der Waals surface area contributed by atoms with Crippen LogP contribution in [-0.2, 0) is 42.3 Å². The maximum absolute atomic E-state index is 12.5. The SMILES string of the molecule is CC1(C)O[C@H]2[C@@H]([C@H]3COC(C)(C)O3)O[P+](=O)[C@@H](OS(C)(=O)=O)[C@H]2O1. The summed E-state index contributed by atoms with van der Waals surface area (Å²) in [5.41, 5.74) is 0. The van der Waals surface area contributed by atoms with E-state index in [1.54, 1.807) is 27.7 Å². The van der Waals surface area contributed by atoms with Gasteiger partial charge in [-0.3, -0.25) is 0 Å². The molecule has 3 heterocycles. The summed E-state index contributed by atoms with van der Waals surface area (Å²) >= 11 is 0. The molecular weight excluding hydrogens is 363 g/mol. The van der Waals surface area contributed by atoms with Crippen LogP contribution in [0.5, 0.6) is 0 Å². The smallest absolute Gasteiger partial charge is 0.348 e. The standard InChI is InChI=1S/C13H22O9PS/c1-12(2)17-6-7(18-12)8-9-10(20-13(3,4)19-9)11(23(14)21-8)22-24(5,15)16/h7-11H,6H2,1-5H3/q+1/t7-,8-,9+,10+,11-/m1/s1. The zero-order valence-corrected chi connectivity index (χ0v) is 15.8. The zero-order chi connectivity index (χ0) is 17.9. The minimum atomic E-state index is -3.84. The lowest BCUT2D eigenvalue weighted by molar-refractivity contribution is -0.173. The average Bonchev–Trinajstić information content (AvgIpc) is 2.90. The molecule has 0 N–H and O–H groups in total. The van der Waals surface area contributed by atoms with Crippen molar-refractivity contribution in [3.05, 3.63) is 0 Å². The first-order chi connectivity index (χ1) is 10.9. The summed E-state index contributed by atoms with van der Waals surface area (Å²) in [5, 5.41) is 0. The molecule has 24 heavy (non-hydrogen) atoms. The van der Waals surface area contributed by atoms with E-state index in [0.717, 1.165) is 6.26 Å². The molecule has 9 nitrogen and oxygen atoms in total. The Morgan fingerprint density at radius 2 is 1.62 bits per heavy atom. The monoisotopic (exact) mass is 385 g/mol. The Kier molecular flexibility index (Phi) is 4.59. The van der Waals surface area contributed by atoms with Gasteiger partial charge in [-0.25, -0.2) is 4.18 Å². The molecule has 3 aliphatic heterocycles. The van der Waals surface area contributed by atoms with Crippen molar-refractivity contribution in [2.75, 3.05) is 12.9 Å². The van der Waals surface area contributed by atoms with Crippen LogP contribution in [0.25, 0.3) is 0 Å². The van der Waals surface area contributed by atoms with Gasteiger partial charge in [0.25, 0.3) is 10.1 Å². The van der Waals surface area contributed by atoms with Gasteiger partial charge in [-0.2, -0.15) is 8.42 Å². The van der Waals surface area contributed by atoms with Crippen molar-refractivity contribution in [3.8, 4) is 0 Å². The summed E-state index contributed by atoms with van der Waals surface area (Å²) in [6.45, 7) is 7.13. The number of fused-ring (bicyclic) bond motifs is 1. The summed E-state index contributed by atoms with van der Waals surface area (Å²) in [6.07, 6.45) is -1.90. The van der Waals surface area contributed by atoms with Gasteiger partial charge in [0, 0.05) is 0 Å². The molecule has 3 saturated heterocycles. The normalized spacial score (nSPS) is 42.9. The van der Waals surface area contributed by atoms with Gasteiger partial charge in [-0.15, -0.1) is 4.52 Å². The van der Waals surface area contributed by atoms with Crippen molar-refractivity contribution in [1.29, 1.82) is 0 Å². The predicted octanol–water partition coefficient (Wildman–Crippen LogP) is 1.10. The average molecular weight is 385 g/mol. The summed E-state index contributed by atoms with van der Waals surface area (Å²) in [5.74, 6) is -3.05. The molecule has 3 fully saturated rings. The fourth-order valence-corrected chi connectivity index (χ4v) is 5.38. The second-order valence-corrected chi connectivity index (χ2v) is 9.87. The third-order valence-corrected chi connectivity index (χ3v) is 5.84. The van der Waals surface area contributed by atoms with Crippen molar-refractivity contribution in [3.63, 3.8) is 0 Å². The molecule has 0 amide bonds. The summed E-state index contributed by atoms with van der Waals surface area (Å²) in [4.78, 5) is 0. The number of hydrogen-bond acceptors (Lipinski definition) is 9. The molecule has 3 rings (SSSR count). The van der Waals surface area contributed by atoms with Gasteiger partial charge in [0.15, 0.2) is 23.8 Å². The molecule has 0 aromatic heterocycles. The Balaban J connectivity index is 1.86. The fourth-order valence-electron chi connectivity index (χ4n) is 3.08. The molecule has 6 atom stereocenters. The second-order valence-electron chi connectivity index (χ2n) is 6.98. The van der Waals surface area contributed by atoms with Crippen LogP contribution < -0.4 is 0 Å². The van der Waals surface area contributed by atoms with Crippen LogP contribution in [0.3, 0.4) is 0 Å². The van der Waals surface area contributed by atoms with Gasteiger partial charge in [-0.1, -0.05) is 0 Å². The van der Waals surface area contributed by atoms with Crippen LogP contribution in [0.2, 0.25) is 0 Å². The van der Waals surface area contributed by atoms with Gasteiger partial charge in [-0.05, 0) is 32.3 Å². The molecule has 0 radical (unpaired) electrons. The lowest BCUT2D eigenvalue weighted by atomic mass is 10.0. The highest BCUT2D eigenvalue weighted by Crippen LogP contribution is 2.50. The predicted molar refractivity (Wildman–Crippen MR) is 80.9 cm³/mol. The first kappa shape index (κ1) is 18.6. The van der Waals surface area contributed by atoms with Gasteiger partial charge < -0.3 is 18.9 Å². The lowest BCUT2D eigenvalue weighted by Crippen LogP contribution is -2.53. The third-order valence-electron chi connectivity index (χ3n) is 3.87. The van der Waals surface area contributed by atoms with E-state index in [9.17, 15) is 13.0 Å². The molecule has 1 unspecified atom stereocenters. The summed E-state index contributed by atoms with van der Waals surface area (Å²) in [7, 11) is -6.31. The molecule has 0 bridgehead atoms. The molecule has 0 saturated carbocycles. The lowest BCUT2D eigenvalue weighted by Gasteiger charge is -2.30. The molecule has 11 heteroatoms. The van der Waals surface area contributed by atoms with Crippen molar-refractivity contribution in [2.45, 2.75) is 69.5 Å². The second kappa shape index (κ2) is 5.92. The minimum Gasteiger partial charge on any atom is -0.348 e. The first-order valence-corrected chi connectivity index (χ1v) is 10.6. The Morgan fingerprint density at radius 3 is 2.17 bits per heavy atom. The summed E-state index contributed by atoms with van der Waals surface area (Å²) in [6, 6.07) is 0. The van der Waals surface area contributed by atoms with Crippen LogP contribution in [0.15, 0.2) is 0 Å². The van der Waals surface area contributed by atoms with Crippen molar-refractivity contribution in [1.82, 2.24) is 0 Å². The quantitative estimate of drug-likeness (QED) is 0.521. The number of rotatable bonds is 3. The molecule has 0 aromatic carbocycles. The van der Waals surface area contributed by atoms with E-state index >= 15 is 0 Å². The Labute approximate surface area is 141 Å². The Hall–Kier alpha value is -0.190. The van der Waals surface area contributed by atoms with Gasteiger partial charge in [0.05, 0.1) is 12.9 Å². The van der Waals surface area contributed by atoms with E-state index in [1.165, 1.54) is 0 Å². The van der Waals surface area contributed by atoms with E-state index in [4.69, 9.17) is 27.7 Å². The van der Waals surface area contributed by atoms with Gasteiger partial charge in [0.1, 0.15) is 12.2 Å². The fraction of sp³-hybridized carbons (Fsp3) is 1.00. The highest BCUT2D eigenvalue weighted by molar-refractivity contribution is 7.86. The third kappa shape index (κ3) is 3.81. The molecule has 0 aromatic rings. The zero-order valence-electron chi connectivity index (χ0n) is 14.1. The van der Waals surface area contributed by atoms with Crippen LogP contribution in [0.4, 0.5) is 0 Å². The highest BCUT2D eigenvalue weighted by Gasteiger charge is 2.66. The van der Waals surface area contributed by atoms with Crippen LogP contribution >= 0.6 is 8.03 Å². The van der Waals surface area contributed by atoms with E-state index in [-0.39, 0.29) is 6.61 Å². The first-order valence-electron chi connectivity index (χ1n) is 7.56. The largest absolute Gasteiger partial charge is 0.545 e. The van der Waals surface area contributed by atoms with E-state index < -0.39 is 60.0 Å². The van der Waals surface area contributed by atoms with E-state index in [0.29, 0.717) is 0 Å². The molecular formula is C13H22O9PS+. The van der Waals surface area contributed by atoms with Gasteiger partial charge in [0.2, 0.25) is 0 Å². The molecule has 0 spiro atoms. The topological polar surface area (TPSA) is 107 Å². The summed E-state index contributed by atoms with van der Waals surface area (Å²) < 4.78 is 68.8. The van der Waals surface area contributed by atoms with Crippen molar-refractivity contribution in [2.24, 2.45) is 0 Å². The molecule has 0 aliphatic carbocycles. The minimum absolute atomic E-state index is 0.242. The molecule has 3 aliphatic rings. The van der Waals surface area contributed by atoms with Crippen LogP contribution in [0, 0.1) is 0 Å². The van der Waals surface area contributed by atoms with Gasteiger partial charge >= 0.3 is 13.9 Å². The van der Waals surface area contributed by atoms with Crippen LogP contribution in [0.1, 0.15) is 27.7 Å². The van der Waals surface area contributed by atoms with Crippen molar-refractivity contribution >= 4 is 18.1 Å². The van der Waals surface area contributed by atoms with E-state index in [1.807, 2.05) is 0 Å². The highest BCUT2D eigenvalue weighted by atomic mass is 32.2.